The zero-order valence-corrected chi connectivity index (χ0v) is 18.6. The molecule has 7 heteroatoms. The molecule has 3 aromatic carbocycles. The summed E-state index contributed by atoms with van der Waals surface area (Å²) >= 11 is 6.34. The molecule has 6 nitrogen and oxygen atoms in total. The quantitative estimate of drug-likeness (QED) is 0.481. The molecule has 0 heterocycles. The summed E-state index contributed by atoms with van der Waals surface area (Å²) in [6, 6.07) is 21.2. The van der Waals surface area contributed by atoms with Crippen molar-refractivity contribution < 1.29 is 24.2 Å². The first-order valence-corrected chi connectivity index (χ1v) is 10.4. The topological polar surface area (TPSA) is 76.1 Å². The molecule has 0 aromatic heterocycles. The molecule has 0 unspecified atom stereocenters. The maximum atomic E-state index is 13.3. The van der Waals surface area contributed by atoms with Crippen LogP contribution >= 0.6 is 11.6 Å². The number of amides is 1. The molecule has 1 atom stereocenters. The Kier molecular flexibility index (Phi) is 7.73. The number of carboxylic acid groups (broad SMARTS) is 1. The van der Waals surface area contributed by atoms with Gasteiger partial charge in [-0.15, -0.1) is 0 Å². The van der Waals surface area contributed by atoms with Gasteiger partial charge in [0, 0.05) is 11.6 Å². The van der Waals surface area contributed by atoms with Gasteiger partial charge in [-0.05, 0) is 36.2 Å². The Morgan fingerprint density at radius 2 is 1.69 bits per heavy atom. The van der Waals surface area contributed by atoms with E-state index in [9.17, 15) is 14.7 Å². The Balaban J connectivity index is 1.88. The molecule has 166 valence electrons. The lowest BCUT2D eigenvalue weighted by Crippen LogP contribution is -2.36. The van der Waals surface area contributed by atoms with Crippen molar-refractivity contribution in [3.05, 3.63) is 94.5 Å². The summed E-state index contributed by atoms with van der Waals surface area (Å²) in [6.07, 6.45) is 0. The van der Waals surface area contributed by atoms with Crippen molar-refractivity contribution in [2.24, 2.45) is 0 Å². The molecule has 3 aromatic rings. The van der Waals surface area contributed by atoms with E-state index < -0.39 is 5.97 Å². The molecule has 3 rings (SSSR count). The predicted octanol–water partition coefficient (Wildman–Crippen LogP) is 5.22. The molecule has 0 saturated carbocycles. The largest absolute Gasteiger partial charge is 0.493 e. The van der Waals surface area contributed by atoms with E-state index >= 15 is 0 Å². The number of rotatable bonds is 9. The van der Waals surface area contributed by atoms with Crippen molar-refractivity contribution in [2.75, 3.05) is 13.7 Å². The summed E-state index contributed by atoms with van der Waals surface area (Å²) in [5, 5.41) is 10.0. The normalized spacial score (nSPS) is 11.5. The fraction of sp³-hybridized carbons (Fsp3) is 0.200. The Bertz CT molecular complexity index is 1090. The standard InChI is InChI=1S/C25H24ClNO5/c1-17(18-9-4-3-5-10-18)27(15-19-11-6-7-13-21(19)26)23(28)16-32-24-20(25(29)30)12-8-14-22(24)31-2/h3-14,17H,15-16H2,1-2H3,(H,29,30)/t17-/m0/s1. The molecule has 0 aliphatic heterocycles. The van der Waals surface area contributed by atoms with Gasteiger partial charge in [-0.3, -0.25) is 4.79 Å². The minimum atomic E-state index is -1.17. The summed E-state index contributed by atoms with van der Waals surface area (Å²) in [7, 11) is 1.41. The number of benzene rings is 3. The van der Waals surface area contributed by atoms with Crippen molar-refractivity contribution in [1.82, 2.24) is 4.90 Å². The molecule has 1 N–H and O–H groups in total. The molecule has 0 aliphatic carbocycles. The van der Waals surface area contributed by atoms with Crippen LogP contribution in [0.15, 0.2) is 72.8 Å². The van der Waals surface area contributed by atoms with Crippen LogP contribution in [0.3, 0.4) is 0 Å². The summed E-state index contributed by atoms with van der Waals surface area (Å²) in [5.41, 5.74) is 1.68. The lowest BCUT2D eigenvalue weighted by atomic mass is 10.1. The second kappa shape index (κ2) is 10.7. The number of methoxy groups -OCH3 is 1. The van der Waals surface area contributed by atoms with Crippen molar-refractivity contribution in [2.45, 2.75) is 19.5 Å². The van der Waals surface area contributed by atoms with E-state index in [0.29, 0.717) is 5.02 Å². The van der Waals surface area contributed by atoms with Gasteiger partial charge in [0.1, 0.15) is 5.56 Å². The fourth-order valence-electron chi connectivity index (χ4n) is 3.37. The highest BCUT2D eigenvalue weighted by Crippen LogP contribution is 2.32. The van der Waals surface area contributed by atoms with Crippen molar-refractivity contribution in [1.29, 1.82) is 0 Å². The Labute approximate surface area is 192 Å². The predicted molar refractivity (Wildman–Crippen MR) is 122 cm³/mol. The maximum absolute atomic E-state index is 13.3. The van der Waals surface area contributed by atoms with Crippen LogP contribution in [0.4, 0.5) is 0 Å². The average Bonchev–Trinajstić information content (AvgIpc) is 2.81. The Morgan fingerprint density at radius 3 is 2.34 bits per heavy atom. The Morgan fingerprint density at radius 1 is 1.00 bits per heavy atom. The van der Waals surface area contributed by atoms with Crippen molar-refractivity contribution >= 4 is 23.5 Å². The van der Waals surface area contributed by atoms with Gasteiger partial charge < -0.3 is 19.5 Å². The van der Waals surface area contributed by atoms with Crippen LogP contribution in [0.1, 0.15) is 34.5 Å². The first kappa shape index (κ1) is 23.2. The monoisotopic (exact) mass is 453 g/mol. The van der Waals surface area contributed by atoms with Crippen LogP contribution < -0.4 is 9.47 Å². The van der Waals surface area contributed by atoms with Gasteiger partial charge in [0.05, 0.1) is 13.2 Å². The van der Waals surface area contributed by atoms with E-state index in [-0.39, 0.29) is 42.2 Å². The van der Waals surface area contributed by atoms with Gasteiger partial charge in [0.15, 0.2) is 18.1 Å². The zero-order valence-electron chi connectivity index (χ0n) is 17.8. The second-order valence-electron chi connectivity index (χ2n) is 7.13. The van der Waals surface area contributed by atoms with Crippen LogP contribution in [0.2, 0.25) is 5.02 Å². The lowest BCUT2D eigenvalue weighted by molar-refractivity contribution is -0.136. The van der Waals surface area contributed by atoms with Gasteiger partial charge in [-0.2, -0.15) is 0 Å². The number of nitrogens with zero attached hydrogens (tertiary/aromatic N) is 1. The molecule has 32 heavy (non-hydrogen) atoms. The summed E-state index contributed by atoms with van der Waals surface area (Å²) in [5.74, 6) is -1.23. The van der Waals surface area contributed by atoms with E-state index in [1.54, 1.807) is 23.1 Å². The summed E-state index contributed by atoms with van der Waals surface area (Å²) in [4.78, 5) is 26.6. The molecule has 0 bridgehead atoms. The number of para-hydroxylation sites is 1. The third kappa shape index (κ3) is 5.39. The molecule has 0 spiro atoms. The van der Waals surface area contributed by atoms with E-state index in [1.807, 2.05) is 55.5 Å². The number of carbonyl (C=O) groups is 2. The maximum Gasteiger partial charge on any atom is 0.339 e. The van der Waals surface area contributed by atoms with Crippen LogP contribution in [-0.4, -0.2) is 35.6 Å². The zero-order chi connectivity index (χ0) is 23.1. The Hall–Kier alpha value is -3.51. The number of ether oxygens (including phenoxy) is 2. The number of carbonyl (C=O) groups excluding carboxylic acids is 1. The van der Waals surface area contributed by atoms with E-state index in [4.69, 9.17) is 21.1 Å². The summed E-state index contributed by atoms with van der Waals surface area (Å²) in [6.45, 7) is 1.84. The van der Waals surface area contributed by atoms with Gasteiger partial charge >= 0.3 is 5.97 Å². The van der Waals surface area contributed by atoms with E-state index in [0.717, 1.165) is 11.1 Å². The van der Waals surface area contributed by atoms with Gasteiger partial charge in [0.2, 0.25) is 0 Å². The fourth-order valence-corrected chi connectivity index (χ4v) is 3.57. The van der Waals surface area contributed by atoms with E-state index in [2.05, 4.69) is 0 Å². The first-order valence-electron chi connectivity index (χ1n) is 10.0. The molecule has 0 aliphatic rings. The third-order valence-corrected chi connectivity index (χ3v) is 5.51. The summed E-state index contributed by atoms with van der Waals surface area (Å²) < 4.78 is 10.9. The van der Waals surface area contributed by atoms with Crippen molar-refractivity contribution in [3.63, 3.8) is 0 Å². The van der Waals surface area contributed by atoms with E-state index in [1.165, 1.54) is 13.2 Å². The first-order chi connectivity index (χ1) is 15.4. The smallest absolute Gasteiger partial charge is 0.339 e. The molecule has 0 fully saturated rings. The second-order valence-corrected chi connectivity index (χ2v) is 7.54. The number of hydrogen-bond donors (Lipinski definition) is 1. The highest BCUT2D eigenvalue weighted by molar-refractivity contribution is 6.31. The minimum Gasteiger partial charge on any atom is -0.493 e. The highest BCUT2D eigenvalue weighted by Gasteiger charge is 2.25. The number of halogens is 1. The average molecular weight is 454 g/mol. The molecular formula is C25H24ClNO5. The number of carboxylic acids is 1. The van der Waals surface area contributed by atoms with Gasteiger partial charge in [-0.25, -0.2) is 4.79 Å². The van der Waals surface area contributed by atoms with Crippen molar-refractivity contribution in [3.8, 4) is 11.5 Å². The molecule has 0 saturated heterocycles. The molecule has 1 amide bonds. The van der Waals surface area contributed by atoms with Crippen LogP contribution in [0, 0.1) is 0 Å². The molecular weight excluding hydrogens is 430 g/mol. The van der Waals surface area contributed by atoms with Crippen LogP contribution in [0.25, 0.3) is 0 Å². The molecule has 0 radical (unpaired) electrons. The van der Waals surface area contributed by atoms with Gasteiger partial charge in [-0.1, -0.05) is 66.2 Å². The number of hydrogen-bond acceptors (Lipinski definition) is 4. The lowest BCUT2D eigenvalue weighted by Gasteiger charge is -2.30. The minimum absolute atomic E-state index is 0.0147. The SMILES string of the molecule is COc1cccc(C(=O)O)c1OCC(=O)N(Cc1ccccc1Cl)[C@@H](C)c1ccccc1. The number of aromatic carboxylic acids is 1. The third-order valence-electron chi connectivity index (χ3n) is 5.14. The van der Waals surface area contributed by atoms with Gasteiger partial charge in [0.25, 0.3) is 5.91 Å². The highest BCUT2D eigenvalue weighted by atomic mass is 35.5. The van der Waals surface area contributed by atoms with Crippen LogP contribution in [-0.2, 0) is 11.3 Å². The van der Waals surface area contributed by atoms with Crippen LogP contribution in [0.5, 0.6) is 11.5 Å².